The number of ether oxygens (including phenoxy) is 3. The van der Waals surface area contributed by atoms with Crippen LogP contribution in [0.25, 0.3) is 0 Å². The van der Waals surface area contributed by atoms with E-state index in [-0.39, 0.29) is 12.6 Å². The second-order valence-electron chi connectivity index (χ2n) is 7.92. The minimum Gasteiger partial charge on any atom is -0.481 e. The SMILES string of the molecule is COc1nc(OC(C(=O)O)C(OCc2ccccc2)(c2ccccc2)c2ccccc2)ncc1C. The Labute approximate surface area is 204 Å². The minimum absolute atomic E-state index is 0.126. The van der Waals surface area contributed by atoms with Crippen LogP contribution >= 0.6 is 0 Å². The molecule has 0 saturated heterocycles. The maximum absolute atomic E-state index is 12.8. The number of nitrogens with zero attached hydrogens (tertiary/aromatic N) is 2. The number of aliphatic carboxylic acids is 1. The van der Waals surface area contributed by atoms with Gasteiger partial charge in [-0.05, 0) is 23.6 Å². The van der Waals surface area contributed by atoms with Crippen molar-refractivity contribution in [3.8, 4) is 11.9 Å². The lowest BCUT2D eigenvalue weighted by molar-refractivity contribution is -0.166. The first-order valence-electron chi connectivity index (χ1n) is 11.1. The molecule has 0 fully saturated rings. The smallest absolute Gasteiger partial charge is 0.348 e. The lowest BCUT2D eigenvalue weighted by atomic mass is 9.81. The summed E-state index contributed by atoms with van der Waals surface area (Å²) in [6.45, 7) is 1.94. The van der Waals surface area contributed by atoms with Crippen LogP contribution in [-0.4, -0.2) is 34.3 Å². The summed E-state index contributed by atoms with van der Waals surface area (Å²) in [5.41, 5.74) is 1.30. The molecule has 0 spiro atoms. The van der Waals surface area contributed by atoms with Gasteiger partial charge < -0.3 is 19.3 Å². The van der Waals surface area contributed by atoms with Crippen LogP contribution in [0.1, 0.15) is 22.3 Å². The fourth-order valence-electron chi connectivity index (χ4n) is 3.94. The Morgan fingerprint density at radius 3 is 1.97 bits per heavy atom. The van der Waals surface area contributed by atoms with Crippen molar-refractivity contribution >= 4 is 5.97 Å². The third-order valence-electron chi connectivity index (χ3n) is 5.63. The van der Waals surface area contributed by atoms with Gasteiger partial charge in [-0.15, -0.1) is 0 Å². The molecule has 7 heteroatoms. The first-order valence-corrected chi connectivity index (χ1v) is 11.1. The van der Waals surface area contributed by atoms with Crippen LogP contribution in [0.4, 0.5) is 0 Å². The van der Waals surface area contributed by atoms with Gasteiger partial charge in [-0.1, -0.05) is 91.0 Å². The van der Waals surface area contributed by atoms with Gasteiger partial charge in [0.1, 0.15) is 0 Å². The van der Waals surface area contributed by atoms with Crippen LogP contribution < -0.4 is 9.47 Å². The van der Waals surface area contributed by atoms with E-state index in [1.165, 1.54) is 13.3 Å². The predicted octanol–water partition coefficient (Wildman–Crippen LogP) is 4.79. The predicted molar refractivity (Wildman–Crippen MR) is 130 cm³/mol. The first kappa shape index (κ1) is 23.9. The Morgan fingerprint density at radius 1 is 0.914 bits per heavy atom. The van der Waals surface area contributed by atoms with E-state index in [1.807, 2.05) is 91.0 Å². The maximum Gasteiger partial charge on any atom is 0.348 e. The zero-order valence-electron chi connectivity index (χ0n) is 19.5. The first-order chi connectivity index (χ1) is 17.0. The zero-order chi connectivity index (χ0) is 24.7. The normalized spacial score (nSPS) is 12.1. The van der Waals surface area contributed by atoms with Gasteiger partial charge in [0.2, 0.25) is 12.0 Å². The van der Waals surface area contributed by atoms with Gasteiger partial charge in [0.25, 0.3) is 0 Å². The molecule has 4 aromatic rings. The molecule has 0 aliphatic carbocycles. The molecule has 0 aliphatic rings. The van der Waals surface area contributed by atoms with Crippen molar-refractivity contribution in [3.05, 3.63) is 119 Å². The third kappa shape index (κ3) is 5.15. The van der Waals surface area contributed by atoms with Gasteiger partial charge in [0.15, 0.2) is 5.60 Å². The summed E-state index contributed by atoms with van der Waals surface area (Å²) in [4.78, 5) is 21.3. The highest BCUT2D eigenvalue weighted by Crippen LogP contribution is 2.40. The molecule has 35 heavy (non-hydrogen) atoms. The van der Waals surface area contributed by atoms with E-state index < -0.39 is 17.7 Å². The number of benzene rings is 3. The molecular formula is C28H26N2O5. The number of aromatic nitrogens is 2. The van der Waals surface area contributed by atoms with Crippen LogP contribution in [0.15, 0.2) is 97.2 Å². The van der Waals surface area contributed by atoms with E-state index in [4.69, 9.17) is 14.2 Å². The summed E-state index contributed by atoms with van der Waals surface area (Å²) in [6.07, 6.45) is 0.000807. The number of hydrogen-bond donors (Lipinski definition) is 1. The second-order valence-corrected chi connectivity index (χ2v) is 7.92. The minimum atomic E-state index is -1.52. The monoisotopic (exact) mass is 470 g/mol. The molecule has 0 saturated carbocycles. The number of hydrogen-bond acceptors (Lipinski definition) is 6. The van der Waals surface area contributed by atoms with Gasteiger partial charge in [0, 0.05) is 11.8 Å². The van der Waals surface area contributed by atoms with Crippen LogP contribution in [0.3, 0.4) is 0 Å². The van der Waals surface area contributed by atoms with E-state index in [1.54, 1.807) is 6.92 Å². The maximum atomic E-state index is 12.8. The average molecular weight is 471 g/mol. The third-order valence-corrected chi connectivity index (χ3v) is 5.63. The van der Waals surface area contributed by atoms with Crippen LogP contribution in [0.5, 0.6) is 11.9 Å². The van der Waals surface area contributed by atoms with E-state index in [9.17, 15) is 9.90 Å². The summed E-state index contributed by atoms with van der Waals surface area (Å²) in [5.74, 6) is -0.928. The van der Waals surface area contributed by atoms with Crippen molar-refractivity contribution in [2.45, 2.75) is 25.2 Å². The standard InChI is InChI=1S/C28H26N2O5/c1-20-18-29-27(30-25(20)33-2)35-24(26(31)32)28(22-14-8-4-9-15-22,23-16-10-5-11-17-23)34-19-21-12-6-3-7-13-21/h3-18,24H,19H2,1-2H3,(H,31,32). The Kier molecular flexibility index (Phi) is 7.38. The van der Waals surface area contributed by atoms with Gasteiger partial charge in [0.05, 0.1) is 13.7 Å². The van der Waals surface area contributed by atoms with E-state index in [0.29, 0.717) is 22.6 Å². The van der Waals surface area contributed by atoms with Gasteiger partial charge in [-0.3, -0.25) is 0 Å². The molecule has 7 nitrogen and oxygen atoms in total. The molecule has 4 rings (SSSR count). The average Bonchev–Trinajstić information content (AvgIpc) is 2.91. The molecule has 1 atom stereocenters. The Balaban J connectivity index is 1.88. The fourth-order valence-corrected chi connectivity index (χ4v) is 3.94. The Hall–Kier alpha value is -4.23. The summed E-state index contributed by atoms with van der Waals surface area (Å²) < 4.78 is 17.9. The van der Waals surface area contributed by atoms with Crippen molar-refractivity contribution in [1.29, 1.82) is 0 Å². The van der Waals surface area contributed by atoms with Crippen LogP contribution in [0, 0.1) is 6.92 Å². The van der Waals surface area contributed by atoms with Gasteiger partial charge in [-0.2, -0.15) is 4.98 Å². The number of carbonyl (C=O) groups is 1. The van der Waals surface area contributed by atoms with Gasteiger partial charge in [-0.25, -0.2) is 9.78 Å². The molecule has 1 N–H and O–H groups in total. The molecule has 0 amide bonds. The molecule has 1 heterocycles. The fraction of sp³-hybridized carbons (Fsp3) is 0.179. The zero-order valence-corrected chi connectivity index (χ0v) is 19.5. The van der Waals surface area contributed by atoms with Crippen molar-refractivity contribution in [1.82, 2.24) is 9.97 Å². The summed E-state index contributed by atoms with van der Waals surface area (Å²) >= 11 is 0. The quantitative estimate of drug-likeness (QED) is 0.356. The summed E-state index contributed by atoms with van der Waals surface area (Å²) in [6, 6.07) is 27.8. The van der Waals surface area contributed by atoms with Crippen LogP contribution in [0.2, 0.25) is 0 Å². The highest BCUT2D eigenvalue weighted by Gasteiger charge is 2.50. The van der Waals surface area contributed by atoms with E-state index >= 15 is 0 Å². The molecule has 178 valence electrons. The van der Waals surface area contributed by atoms with E-state index in [2.05, 4.69) is 9.97 Å². The molecule has 1 aromatic heterocycles. The van der Waals surface area contributed by atoms with Gasteiger partial charge >= 0.3 is 12.0 Å². The molecular weight excluding hydrogens is 444 g/mol. The summed E-state index contributed by atoms with van der Waals surface area (Å²) in [5, 5.41) is 10.5. The number of methoxy groups -OCH3 is 1. The lowest BCUT2D eigenvalue weighted by Gasteiger charge is -2.39. The number of rotatable bonds is 10. The number of carboxylic acids is 1. The summed E-state index contributed by atoms with van der Waals surface area (Å²) in [7, 11) is 1.48. The molecule has 0 radical (unpaired) electrons. The molecule has 1 unspecified atom stereocenters. The largest absolute Gasteiger partial charge is 0.481 e. The second kappa shape index (κ2) is 10.8. The van der Waals surface area contributed by atoms with Crippen LogP contribution in [-0.2, 0) is 21.7 Å². The highest BCUT2D eigenvalue weighted by atomic mass is 16.6. The van der Waals surface area contributed by atoms with Crippen molar-refractivity contribution < 1.29 is 24.1 Å². The topological polar surface area (TPSA) is 90.8 Å². The van der Waals surface area contributed by atoms with E-state index in [0.717, 1.165) is 5.56 Å². The molecule has 0 bridgehead atoms. The highest BCUT2D eigenvalue weighted by molar-refractivity contribution is 5.76. The van der Waals surface area contributed by atoms with Crippen molar-refractivity contribution in [3.63, 3.8) is 0 Å². The lowest BCUT2D eigenvalue weighted by Crippen LogP contribution is -2.51. The Bertz CT molecular complexity index is 1210. The molecule has 3 aromatic carbocycles. The molecule has 0 aliphatic heterocycles. The number of aryl methyl sites for hydroxylation is 1. The van der Waals surface area contributed by atoms with Crippen molar-refractivity contribution in [2.75, 3.05) is 7.11 Å². The van der Waals surface area contributed by atoms with Crippen molar-refractivity contribution in [2.24, 2.45) is 0 Å². The number of carboxylic acid groups (broad SMARTS) is 1. The Morgan fingerprint density at radius 2 is 1.46 bits per heavy atom.